The second-order valence-electron chi connectivity index (χ2n) is 7.19. The maximum Gasteiger partial charge on any atom is 0.508 e. The first-order valence-corrected chi connectivity index (χ1v) is 10.7. The number of rotatable bonds is 16. The van der Waals surface area contributed by atoms with Crippen LogP contribution >= 0.6 is 0 Å². The smallest absolute Gasteiger partial charge is 0.502 e. The summed E-state index contributed by atoms with van der Waals surface area (Å²) in [4.78, 5) is 21.9. The van der Waals surface area contributed by atoms with E-state index < -0.39 is 12.3 Å². The third-order valence-corrected chi connectivity index (χ3v) is 4.26. The summed E-state index contributed by atoms with van der Waals surface area (Å²) in [6, 6.07) is 0. The molecule has 0 aliphatic heterocycles. The quantitative estimate of drug-likeness (QED) is 0.193. The predicted molar refractivity (Wildman–Crippen MR) is 111 cm³/mol. The van der Waals surface area contributed by atoms with Gasteiger partial charge in [-0.05, 0) is 63.2 Å². The summed E-state index contributed by atoms with van der Waals surface area (Å²) in [7, 11) is 0. The van der Waals surface area contributed by atoms with Gasteiger partial charge in [0.1, 0.15) is 0 Å². The highest BCUT2D eigenvalue weighted by atomic mass is 16.7. The summed E-state index contributed by atoms with van der Waals surface area (Å²) in [5.41, 5.74) is 0. The molecule has 0 heterocycles. The Bertz CT molecular complexity index is 446. The number of hydrogen-bond acceptors (Lipinski definition) is 8. The van der Waals surface area contributed by atoms with Crippen molar-refractivity contribution in [2.75, 3.05) is 39.6 Å². The maximum atomic E-state index is 11.1. The first kappa shape index (κ1) is 25.7. The van der Waals surface area contributed by atoms with Crippen molar-refractivity contribution in [3.63, 3.8) is 0 Å². The van der Waals surface area contributed by atoms with Gasteiger partial charge in [0.2, 0.25) is 0 Å². The van der Waals surface area contributed by atoms with Gasteiger partial charge in [0.15, 0.2) is 0 Å². The minimum atomic E-state index is -0.621. The third-order valence-electron chi connectivity index (χ3n) is 4.26. The molecule has 0 N–H and O–H groups in total. The summed E-state index contributed by atoms with van der Waals surface area (Å²) < 4.78 is 29.3. The molecule has 0 aromatic heterocycles. The van der Waals surface area contributed by atoms with Crippen LogP contribution in [0.25, 0.3) is 0 Å². The van der Waals surface area contributed by atoms with Crippen LogP contribution in [0.1, 0.15) is 51.4 Å². The SMILES string of the molecule is C=COCCCCOC(=O)OCCCCOC=C.O=C(OCC1CC1)OCC1CC1. The van der Waals surface area contributed by atoms with Crippen LogP contribution in [0.15, 0.2) is 25.7 Å². The van der Waals surface area contributed by atoms with Crippen LogP contribution in [0.2, 0.25) is 0 Å². The van der Waals surface area contributed by atoms with E-state index >= 15 is 0 Å². The molecule has 0 radical (unpaired) electrons. The molecule has 8 heteroatoms. The minimum absolute atomic E-state index is 0.346. The molecule has 0 atom stereocenters. The number of carbonyl (C=O) groups excluding carboxylic acids is 2. The van der Waals surface area contributed by atoms with E-state index in [9.17, 15) is 9.59 Å². The fourth-order valence-electron chi connectivity index (χ4n) is 2.08. The van der Waals surface area contributed by atoms with E-state index in [1.54, 1.807) is 0 Å². The Labute approximate surface area is 179 Å². The van der Waals surface area contributed by atoms with Gasteiger partial charge in [-0.25, -0.2) is 9.59 Å². The van der Waals surface area contributed by atoms with Gasteiger partial charge in [-0.1, -0.05) is 13.2 Å². The number of ether oxygens (including phenoxy) is 6. The van der Waals surface area contributed by atoms with E-state index in [0.717, 1.165) is 25.7 Å². The summed E-state index contributed by atoms with van der Waals surface area (Å²) in [5, 5.41) is 0. The lowest BCUT2D eigenvalue weighted by Crippen LogP contribution is -2.10. The van der Waals surface area contributed by atoms with Gasteiger partial charge in [-0.3, -0.25) is 0 Å². The van der Waals surface area contributed by atoms with E-state index in [2.05, 4.69) is 13.2 Å². The lowest BCUT2D eigenvalue weighted by molar-refractivity contribution is 0.0487. The van der Waals surface area contributed by atoms with Gasteiger partial charge in [-0.15, -0.1) is 0 Å². The summed E-state index contributed by atoms with van der Waals surface area (Å²) in [5.74, 6) is 1.25. The number of unbranched alkanes of at least 4 members (excludes halogenated alkanes) is 2. The molecule has 2 saturated carbocycles. The van der Waals surface area contributed by atoms with Crippen LogP contribution < -0.4 is 0 Å². The van der Waals surface area contributed by atoms with Gasteiger partial charge in [0.25, 0.3) is 0 Å². The molecule has 0 aromatic rings. The number of hydrogen-bond donors (Lipinski definition) is 0. The average molecular weight is 429 g/mol. The highest BCUT2D eigenvalue weighted by Crippen LogP contribution is 2.30. The van der Waals surface area contributed by atoms with Crippen LogP contribution in [0, 0.1) is 11.8 Å². The van der Waals surface area contributed by atoms with Crippen LogP contribution in [0.3, 0.4) is 0 Å². The van der Waals surface area contributed by atoms with Crippen molar-refractivity contribution >= 4 is 12.3 Å². The lowest BCUT2D eigenvalue weighted by atomic mass is 10.3. The van der Waals surface area contributed by atoms with Gasteiger partial charge in [0.05, 0.1) is 52.2 Å². The van der Waals surface area contributed by atoms with E-state index in [1.165, 1.54) is 38.2 Å². The molecule has 0 spiro atoms. The molecular weight excluding hydrogens is 392 g/mol. The zero-order chi connectivity index (χ0) is 21.9. The van der Waals surface area contributed by atoms with E-state index in [1.807, 2.05) is 0 Å². The topological polar surface area (TPSA) is 89.5 Å². The van der Waals surface area contributed by atoms with Gasteiger partial charge in [-0.2, -0.15) is 0 Å². The largest absolute Gasteiger partial charge is 0.508 e. The summed E-state index contributed by atoms with van der Waals surface area (Å²) >= 11 is 0. The van der Waals surface area contributed by atoms with Crippen LogP contribution in [0.5, 0.6) is 0 Å². The van der Waals surface area contributed by atoms with Crippen LogP contribution in [-0.4, -0.2) is 52.0 Å². The molecule has 0 saturated heterocycles. The fourth-order valence-corrected chi connectivity index (χ4v) is 2.08. The minimum Gasteiger partial charge on any atom is -0.502 e. The van der Waals surface area contributed by atoms with Crippen molar-refractivity contribution in [2.24, 2.45) is 11.8 Å². The Morgan fingerprint density at radius 2 is 1.00 bits per heavy atom. The molecule has 2 aliphatic rings. The van der Waals surface area contributed by atoms with Crippen molar-refractivity contribution < 1.29 is 38.0 Å². The molecule has 0 unspecified atom stereocenters. The van der Waals surface area contributed by atoms with Crippen molar-refractivity contribution in [3.05, 3.63) is 25.7 Å². The van der Waals surface area contributed by atoms with Crippen molar-refractivity contribution in [2.45, 2.75) is 51.4 Å². The summed E-state index contributed by atoms with van der Waals surface area (Å²) in [6.45, 7) is 9.84. The monoisotopic (exact) mass is 428 g/mol. The molecular formula is C22H36O8. The Morgan fingerprint density at radius 1 is 0.633 bits per heavy atom. The Morgan fingerprint density at radius 3 is 1.37 bits per heavy atom. The average Bonchev–Trinajstić information content (AvgIpc) is 3.65. The molecule has 2 rings (SSSR count). The molecule has 0 aromatic carbocycles. The highest BCUT2D eigenvalue weighted by molar-refractivity contribution is 5.60. The van der Waals surface area contributed by atoms with Crippen molar-refractivity contribution in [1.82, 2.24) is 0 Å². The molecule has 2 aliphatic carbocycles. The zero-order valence-electron chi connectivity index (χ0n) is 17.9. The Kier molecular flexibility index (Phi) is 14.9. The first-order chi connectivity index (χ1) is 14.7. The number of carbonyl (C=O) groups is 2. The molecule has 172 valence electrons. The molecule has 8 nitrogen and oxygen atoms in total. The molecule has 30 heavy (non-hydrogen) atoms. The maximum absolute atomic E-state index is 11.1. The van der Waals surface area contributed by atoms with Crippen molar-refractivity contribution in [3.8, 4) is 0 Å². The lowest BCUT2D eigenvalue weighted by Gasteiger charge is -2.06. The third kappa shape index (κ3) is 17.7. The second kappa shape index (κ2) is 17.5. The van der Waals surface area contributed by atoms with Gasteiger partial charge >= 0.3 is 12.3 Å². The van der Waals surface area contributed by atoms with Crippen LogP contribution in [0.4, 0.5) is 9.59 Å². The van der Waals surface area contributed by atoms with E-state index in [0.29, 0.717) is 51.5 Å². The van der Waals surface area contributed by atoms with Gasteiger partial charge < -0.3 is 28.4 Å². The Hall–Kier alpha value is -2.38. The van der Waals surface area contributed by atoms with E-state index in [4.69, 9.17) is 28.4 Å². The molecule has 2 fully saturated rings. The molecule has 0 bridgehead atoms. The fraction of sp³-hybridized carbons (Fsp3) is 0.727. The van der Waals surface area contributed by atoms with Crippen LogP contribution in [-0.2, 0) is 28.4 Å². The zero-order valence-corrected chi connectivity index (χ0v) is 17.9. The second-order valence-corrected chi connectivity index (χ2v) is 7.19. The van der Waals surface area contributed by atoms with Gasteiger partial charge in [0, 0.05) is 0 Å². The van der Waals surface area contributed by atoms with E-state index in [-0.39, 0.29) is 0 Å². The normalized spacial score (nSPS) is 14.4. The Balaban J connectivity index is 0.000000321. The molecule has 0 amide bonds. The highest BCUT2D eigenvalue weighted by Gasteiger charge is 2.25. The predicted octanol–water partition coefficient (Wildman–Crippen LogP) is 4.98. The van der Waals surface area contributed by atoms with Crippen molar-refractivity contribution in [1.29, 1.82) is 0 Å². The first-order valence-electron chi connectivity index (χ1n) is 10.7. The summed E-state index contributed by atoms with van der Waals surface area (Å²) in [6.07, 6.45) is 9.63. The standard InChI is InChI=1S/C13H22O5.C9H14O3/c1-3-15-9-5-7-11-17-13(14)18-12-8-6-10-16-4-2;10-9(11-5-7-1-2-7)12-6-8-3-4-8/h3-4H,1-2,5-12H2;7-8H,1-6H2.